The molecule has 0 saturated heterocycles. The van der Waals surface area contributed by atoms with Gasteiger partial charge in [0.1, 0.15) is 17.4 Å². The minimum atomic E-state index is -0.930. The molecule has 0 aromatic heterocycles. The number of fused-ring (bicyclic) bond motifs is 2. The van der Waals surface area contributed by atoms with Crippen molar-refractivity contribution >= 4 is 17.3 Å². The normalized spacial score (nSPS) is 25.1. The number of carbonyl (C=O) groups is 1. The fourth-order valence-corrected chi connectivity index (χ4v) is 2.61. The summed E-state index contributed by atoms with van der Waals surface area (Å²) in [5.41, 5.74) is 2.25. The van der Waals surface area contributed by atoms with Gasteiger partial charge in [0.2, 0.25) is 0 Å². The summed E-state index contributed by atoms with van der Waals surface area (Å²) in [7, 11) is 1.91. The monoisotopic (exact) mass is 246 g/mol. The van der Waals surface area contributed by atoms with Crippen LogP contribution in [0.4, 0.5) is 11.4 Å². The minimum Gasteiger partial charge on any atom is -0.478 e. The van der Waals surface area contributed by atoms with Crippen molar-refractivity contribution in [1.29, 1.82) is 0 Å². The van der Waals surface area contributed by atoms with Gasteiger partial charge in [0.15, 0.2) is 6.23 Å². The molecule has 1 aromatic carbocycles. The maximum Gasteiger partial charge on any atom is 0.337 e. The first-order valence-electron chi connectivity index (χ1n) is 5.78. The predicted molar refractivity (Wildman–Crippen MR) is 67.5 cm³/mol. The highest BCUT2D eigenvalue weighted by molar-refractivity contribution is 5.91. The molecule has 2 N–H and O–H groups in total. The van der Waals surface area contributed by atoms with Crippen LogP contribution in [0.5, 0.6) is 0 Å². The quantitative estimate of drug-likeness (QED) is 0.788. The molecule has 2 aliphatic rings. The molecule has 0 fully saturated rings. The number of ether oxygens (including phenoxy) is 1. The van der Waals surface area contributed by atoms with Crippen LogP contribution in [0, 0.1) is 0 Å². The number of carboxylic acid groups (broad SMARTS) is 1. The zero-order chi connectivity index (χ0) is 12.9. The molecular formula is C13H14N2O3. The van der Waals surface area contributed by atoms with Gasteiger partial charge < -0.3 is 20.1 Å². The molecule has 5 heteroatoms. The summed E-state index contributed by atoms with van der Waals surface area (Å²) < 4.78 is 5.67. The van der Waals surface area contributed by atoms with E-state index in [0.717, 1.165) is 11.4 Å². The van der Waals surface area contributed by atoms with Gasteiger partial charge in [-0.1, -0.05) is 12.1 Å². The van der Waals surface area contributed by atoms with Crippen LogP contribution in [0.15, 0.2) is 35.6 Å². The second-order valence-electron chi connectivity index (χ2n) is 4.53. The van der Waals surface area contributed by atoms with Crippen LogP contribution >= 0.6 is 0 Å². The molecule has 0 amide bonds. The molecule has 0 spiro atoms. The van der Waals surface area contributed by atoms with Gasteiger partial charge in [0, 0.05) is 7.05 Å². The highest BCUT2D eigenvalue weighted by Crippen LogP contribution is 2.39. The second-order valence-corrected chi connectivity index (χ2v) is 4.53. The summed E-state index contributed by atoms with van der Waals surface area (Å²) in [6, 6.07) is 7.46. The highest BCUT2D eigenvalue weighted by Gasteiger charge is 2.44. The lowest BCUT2D eigenvalue weighted by atomic mass is 10.0. The summed E-state index contributed by atoms with van der Waals surface area (Å²) in [6.07, 6.45) is -0.300. The van der Waals surface area contributed by atoms with E-state index in [1.807, 2.05) is 36.2 Å². The Morgan fingerprint density at radius 3 is 2.89 bits per heavy atom. The number of hydrogen-bond acceptors (Lipinski definition) is 4. The molecule has 0 aliphatic carbocycles. The van der Waals surface area contributed by atoms with E-state index in [1.54, 1.807) is 6.92 Å². The van der Waals surface area contributed by atoms with Gasteiger partial charge >= 0.3 is 5.97 Å². The summed E-state index contributed by atoms with van der Waals surface area (Å²) in [5, 5.41) is 12.5. The summed E-state index contributed by atoms with van der Waals surface area (Å²) in [4.78, 5) is 13.3. The third-order valence-electron chi connectivity index (χ3n) is 3.48. The third kappa shape index (κ3) is 1.37. The molecule has 2 heterocycles. The van der Waals surface area contributed by atoms with Crippen molar-refractivity contribution in [3.63, 3.8) is 0 Å². The van der Waals surface area contributed by atoms with E-state index in [2.05, 4.69) is 5.32 Å². The molecule has 3 rings (SSSR count). The van der Waals surface area contributed by atoms with Gasteiger partial charge in [-0.25, -0.2) is 4.79 Å². The van der Waals surface area contributed by atoms with Crippen molar-refractivity contribution < 1.29 is 14.6 Å². The van der Waals surface area contributed by atoms with Crippen molar-refractivity contribution in [3.05, 3.63) is 35.6 Å². The highest BCUT2D eigenvalue weighted by atomic mass is 16.5. The second kappa shape index (κ2) is 3.66. The number of para-hydroxylation sites is 2. The molecule has 0 bridgehead atoms. The van der Waals surface area contributed by atoms with Gasteiger partial charge in [-0.2, -0.15) is 0 Å². The lowest BCUT2D eigenvalue weighted by molar-refractivity contribution is -0.132. The number of rotatable bonds is 1. The Hall–Kier alpha value is -2.17. The molecule has 2 aliphatic heterocycles. The Bertz CT molecular complexity index is 553. The SMILES string of the molecule is CC1=C(C(=O)O)C2Nc3ccccc3N(C)C2O1. The Kier molecular flexibility index (Phi) is 2.23. The molecule has 1 aromatic rings. The number of nitrogens with one attached hydrogen (secondary N) is 1. The smallest absolute Gasteiger partial charge is 0.337 e. The van der Waals surface area contributed by atoms with Gasteiger partial charge in [0.05, 0.1) is 11.4 Å². The van der Waals surface area contributed by atoms with Crippen LogP contribution in [0.2, 0.25) is 0 Å². The fraction of sp³-hybridized carbons (Fsp3) is 0.308. The standard InChI is InChI=1S/C13H14N2O3/c1-7-10(13(16)17)11-12(18-7)15(2)9-6-4-3-5-8(9)14-11/h3-6,11-12,14H,1-2H3,(H,16,17). The first kappa shape index (κ1) is 11.0. The van der Waals surface area contributed by atoms with Gasteiger partial charge in [0.25, 0.3) is 0 Å². The molecule has 94 valence electrons. The molecule has 0 radical (unpaired) electrons. The molecule has 0 saturated carbocycles. The maximum atomic E-state index is 11.3. The van der Waals surface area contributed by atoms with Crippen LogP contribution < -0.4 is 10.2 Å². The van der Waals surface area contributed by atoms with Crippen LogP contribution in [0.1, 0.15) is 6.92 Å². The molecule has 2 atom stereocenters. The molecular weight excluding hydrogens is 232 g/mol. The van der Waals surface area contributed by atoms with Crippen LogP contribution in [-0.2, 0) is 9.53 Å². The number of nitrogens with zero attached hydrogens (tertiary/aromatic N) is 1. The maximum absolute atomic E-state index is 11.3. The van der Waals surface area contributed by atoms with Gasteiger partial charge in [-0.15, -0.1) is 0 Å². The fourth-order valence-electron chi connectivity index (χ4n) is 2.61. The number of likely N-dealkylation sites (N-methyl/N-ethyl adjacent to an activating group) is 1. The molecule has 5 nitrogen and oxygen atoms in total. The van der Waals surface area contributed by atoms with E-state index in [4.69, 9.17) is 4.74 Å². The third-order valence-corrected chi connectivity index (χ3v) is 3.48. The van der Waals surface area contributed by atoms with Crippen molar-refractivity contribution in [1.82, 2.24) is 0 Å². The number of anilines is 2. The number of allylic oxidation sites excluding steroid dienone is 1. The lowest BCUT2D eigenvalue weighted by Gasteiger charge is -2.38. The van der Waals surface area contributed by atoms with Gasteiger partial charge in [-0.3, -0.25) is 0 Å². The summed E-state index contributed by atoms with van der Waals surface area (Å²) in [5.74, 6) is -0.454. The van der Waals surface area contributed by atoms with Crippen molar-refractivity contribution in [2.45, 2.75) is 19.2 Å². The van der Waals surface area contributed by atoms with Crippen molar-refractivity contribution in [2.24, 2.45) is 0 Å². The topological polar surface area (TPSA) is 61.8 Å². The molecule has 18 heavy (non-hydrogen) atoms. The Morgan fingerprint density at radius 2 is 2.17 bits per heavy atom. The van der Waals surface area contributed by atoms with E-state index in [1.165, 1.54) is 0 Å². The van der Waals surface area contributed by atoms with Gasteiger partial charge in [-0.05, 0) is 19.1 Å². The van der Waals surface area contributed by atoms with Crippen LogP contribution in [0.25, 0.3) is 0 Å². The Morgan fingerprint density at radius 1 is 1.44 bits per heavy atom. The van der Waals surface area contributed by atoms with E-state index in [-0.39, 0.29) is 12.3 Å². The first-order valence-corrected chi connectivity index (χ1v) is 5.78. The first-order chi connectivity index (χ1) is 8.59. The zero-order valence-electron chi connectivity index (χ0n) is 10.2. The van der Waals surface area contributed by atoms with Crippen LogP contribution in [-0.4, -0.2) is 30.4 Å². The summed E-state index contributed by atoms with van der Waals surface area (Å²) in [6.45, 7) is 1.70. The number of aliphatic carboxylic acids is 1. The number of hydrogen-bond donors (Lipinski definition) is 2. The zero-order valence-corrected chi connectivity index (χ0v) is 10.2. The number of carboxylic acids is 1. The Labute approximate surface area is 105 Å². The predicted octanol–water partition coefficient (Wildman–Crippen LogP) is 1.63. The minimum absolute atomic E-state index is 0.300. The average molecular weight is 246 g/mol. The number of benzene rings is 1. The lowest BCUT2D eigenvalue weighted by Crippen LogP contribution is -2.49. The van der Waals surface area contributed by atoms with Crippen molar-refractivity contribution in [3.8, 4) is 0 Å². The Balaban J connectivity index is 2.05. The average Bonchev–Trinajstić information content (AvgIpc) is 2.66. The summed E-state index contributed by atoms with van der Waals surface area (Å²) >= 11 is 0. The van der Waals surface area contributed by atoms with Crippen LogP contribution in [0.3, 0.4) is 0 Å². The van der Waals surface area contributed by atoms with E-state index in [0.29, 0.717) is 11.3 Å². The van der Waals surface area contributed by atoms with E-state index < -0.39 is 5.97 Å². The van der Waals surface area contributed by atoms with Crippen molar-refractivity contribution in [2.75, 3.05) is 17.3 Å². The largest absolute Gasteiger partial charge is 0.478 e. The van der Waals surface area contributed by atoms with E-state index >= 15 is 0 Å². The molecule has 2 unspecified atom stereocenters. The van der Waals surface area contributed by atoms with E-state index in [9.17, 15) is 9.90 Å².